The van der Waals surface area contributed by atoms with Gasteiger partial charge in [0.1, 0.15) is 6.29 Å². The van der Waals surface area contributed by atoms with Crippen molar-refractivity contribution in [3.05, 3.63) is 28.8 Å². The van der Waals surface area contributed by atoms with Crippen molar-refractivity contribution in [1.29, 1.82) is 0 Å². The average Bonchev–Trinajstić information content (AvgIpc) is 2.54. The average molecular weight is 227 g/mol. The molecule has 2 unspecified atom stereocenters. The van der Waals surface area contributed by atoms with E-state index in [-0.39, 0.29) is 5.92 Å². The number of benzene rings is 1. The summed E-state index contributed by atoms with van der Waals surface area (Å²) in [7, 11) is 0. The molecule has 74 valence electrons. The van der Waals surface area contributed by atoms with Crippen LogP contribution in [0, 0.1) is 0 Å². The molecule has 1 aromatic carbocycles. The Morgan fingerprint density at radius 1 is 1.57 bits per heavy atom. The van der Waals surface area contributed by atoms with Gasteiger partial charge in [-0.25, -0.2) is 0 Å². The molecule has 14 heavy (non-hydrogen) atoms. The number of rotatable bonds is 2. The van der Waals surface area contributed by atoms with E-state index in [1.807, 2.05) is 18.2 Å². The lowest BCUT2D eigenvalue weighted by Gasteiger charge is -2.10. The third-order valence-corrected chi connectivity index (χ3v) is 4.35. The monoisotopic (exact) mass is 226 g/mol. The topological polar surface area (TPSA) is 17.1 Å². The molecule has 0 fully saturated rings. The van der Waals surface area contributed by atoms with Crippen molar-refractivity contribution < 1.29 is 4.79 Å². The van der Waals surface area contributed by atoms with Crippen molar-refractivity contribution >= 4 is 29.6 Å². The van der Waals surface area contributed by atoms with E-state index in [2.05, 4.69) is 6.92 Å². The maximum Gasteiger partial charge on any atom is 0.128 e. The second kappa shape index (κ2) is 3.95. The van der Waals surface area contributed by atoms with Crippen LogP contribution in [0.2, 0.25) is 5.02 Å². The van der Waals surface area contributed by atoms with Crippen LogP contribution in [0.3, 0.4) is 0 Å². The maximum atomic E-state index is 11.0. The highest BCUT2D eigenvalue weighted by Gasteiger charge is 2.31. The van der Waals surface area contributed by atoms with Crippen molar-refractivity contribution in [2.24, 2.45) is 0 Å². The lowest BCUT2D eigenvalue weighted by atomic mass is 9.96. The van der Waals surface area contributed by atoms with Gasteiger partial charge in [-0.1, -0.05) is 18.5 Å². The van der Waals surface area contributed by atoms with Crippen LogP contribution in [-0.4, -0.2) is 11.5 Å². The Labute approximate surface area is 92.8 Å². The Bertz CT molecular complexity index is 364. The fourth-order valence-corrected chi connectivity index (χ4v) is 3.33. The summed E-state index contributed by atoms with van der Waals surface area (Å²) in [6.07, 6.45) is 2.06. The van der Waals surface area contributed by atoms with E-state index < -0.39 is 0 Å². The van der Waals surface area contributed by atoms with E-state index in [4.69, 9.17) is 11.6 Å². The predicted octanol–water partition coefficient (Wildman–Crippen LogP) is 3.51. The lowest BCUT2D eigenvalue weighted by Crippen LogP contribution is -2.09. The Kier molecular flexibility index (Phi) is 2.84. The van der Waals surface area contributed by atoms with Gasteiger partial charge >= 0.3 is 0 Å². The molecule has 1 aromatic rings. The van der Waals surface area contributed by atoms with Gasteiger partial charge in [-0.3, -0.25) is 0 Å². The zero-order valence-electron chi connectivity index (χ0n) is 7.87. The van der Waals surface area contributed by atoms with Crippen molar-refractivity contribution in [2.45, 2.75) is 29.4 Å². The van der Waals surface area contributed by atoms with Crippen molar-refractivity contribution in [2.75, 3.05) is 0 Å². The molecular weight excluding hydrogens is 216 g/mol. The van der Waals surface area contributed by atoms with Crippen LogP contribution < -0.4 is 0 Å². The van der Waals surface area contributed by atoms with Crippen molar-refractivity contribution in [3.63, 3.8) is 0 Å². The van der Waals surface area contributed by atoms with Gasteiger partial charge in [0.25, 0.3) is 0 Å². The first-order chi connectivity index (χ1) is 6.76. The molecule has 0 spiro atoms. The second-order valence-corrected chi connectivity index (χ2v) is 5.13. The van der Waals surface area contributed by atoms with E-state index in [0.717, 1.165) is 18.3 Å². The standard InChI is InChI=1S/C11H11ClOS/c1-2-10-9(6-13)8-5-7(12)3-4-11(8)14-10/h3-6,9-10H,2H2,1H3. The number of fused-ring (bicyclic) bond motifs is 1. The zero-order chi connectivity index (χ0) is 10.1. The molecule has 1 heterocycles. The highest BCUT2D eigenvalue weighted by atomic mass is 35.5. The van der Waals surface area contributed by atoms with Gasteiger partial charge in [0.2, 0.25) is 0 Å². The number of carbonyl (C=O) groups excluding carboxylic acids is 1. The van der Waals surface area contributed by atoms with Crippen LogP contribution in [0.25, 0.3) is 0 Å². The molecular formula is C11H11ClOS. The summed E-state index contributed by atoms with van der Waals surface area (Å²) in [5.41, 5.74) is 1.10. The molecule has 0 aliphatic carbocycles. The third kappa shape index (κ3) is 1.57. The summed E-state index contributed by atoms with van der Waals surface area (Å²) in [6, 6.07) is 5.81. The van der Waals surface area contributed by atoms with E-state index in [0.29, 0.717) is 10.3 Å². The van der Waals surface area contributed by atoms with E-state index in [9.17, 15) is 4.79 Å². The van der Waals surface area contributed by atoms with Gasteiger partial charge in [0.15, 0.2) is 0 Å². The van der Waals surface area contributed by atoms with Gasteiger partial charge in [-0.15, -0.1) is 11.8 Å². The Morgan fingerprint density at radius 2 is 2.36 bits per heavy atom. The lowest BCUT2D eigenvalue weighted by molar-refractivity contribution is -0.109. The molecule has 1 nitrogen and oxygen atoms in total. The summed E-state index contributed by atoms with van der Waals surface area (Å²) in [5.74, 6) is 0.0266. The number of thioether (sulfide) groups is 1. The van der Waals surface area contributed by atoms with Crippen LogP contribution in [0.5, 0.6) is 0 Å². The van der Waals surface area contributed by atoms with E-state index in [1.54, 1.807) is 11.8 Å². The van der Waals surface area contributed by atoms with Gasteiger partial charge in [0, 0.05) is 15.2 Å². The molecule has 3 heteroatoms. The summed E-state index contributed by atoms with van der Waals surface area (Å²) in [5, 5.41) is 1.11. The molecule has 1 aliphatic rings. The van der Waals surface area contributed by atoms with Gasteiger partial charge in [-0.05, 0) is 30.2 Å². The number of carbonyl (C=O) groups is 1. The molecule has 0 amide bonds. The molecule has 0 saturated heterocycles. The highest BCUT2D eigenvalue weighted by Crippen LogP contribution is 2.46. The fourth-order valence-electron chi connectivity index (χ4n) is 1.82. The van der Waals surface area contributed by atoms with Crippen molar-refractivity contribution in [1.82, 2.24) is 0 Å². The second-order valence-electron chi connectivity index (χ2n) is 3.41. The zero-order valence-corrected chi connectivity index (χ0v) is 9.44. The van der Waals surface area contributed by atoms with E-state index in [1.165, 1.54) is 4.90 Å². The number of hydrogen-bond donors (Lipinski definition) is 0. The molecule has 0 saturated carbocycles. The SMILES string of the molecule is CCC1Sc2ccc(Cl)cc2C1C=O. The summed E-state index contributed by atoms with van der Waals surface area (Å²) >= 11 is 7.70. The minimum atomic E-state index is 0.0266. The van der Waals surface area contributed by atoms with Crippen LogP contribution in [-0.2, 0) is 4.79 Å². The molecule has 0 bridgehead atoms. The van der Waals surface area contributed by atoms with E-state index >= 15 is 0 Å². The molecule has 0 radical (unpaired) electrons. The smallest absolute Gasteiger partial charge is 0.128 e. The molecule has 0 N–H and O–H groups in total. The Balaban J connectivity index is 2.43. The predicted molar refractivity (Wildman–Crippen MR) is 60.2 cm³/mol. The minimum absolute atomic E-state index is 0.0266. The Hall–Kier alpha value is -0.470. The van der Waals surface area contributed by atoms with Crippen LogP contribution >= 0.6 is 23.4 Å². The van der Waals surface area contributed by atoms with Crippen LogP contribution in [0.15, 0.2) is 23.1 Å². The van der Waals surface area contributed by atoms with Crippen LogP contribution in [0.1, 0.15) is 24.8 Å². The number of hydrogen-bond acceptors (Lipinski definition) is 2. The molecule has 2 rings (SSSR count). The third-order valence-electron chi connectivity index (χ3n) is 2.56. The highest BCUT2D eigenvalue weighted by molar-refractivity contribution is 8.00. The molecule has 0 aromatic heterocycles. The first-order valence-electron chi connectivity index (χ1n) is 4.67. The normalized spacial score (nSPS) is 24.7. The Morgan fingerprint density at radius 3 is 3.00 bits per heavy atom. The van der Waals surface area contributed by atoms with Crippen molar-refractivity contribution in [3.8, 4) is 0 Å². The minimum Gasteiger partial charge on any atom is -0.303 e. The number of halogens is 1. The first kappa shape index (κ1) is 10.1. The quantitative estimate of drug-likeness (QED) is 0.718. The fraction of sp³-hybridized carbons (Fsp3) is 0.364. The largest absolute Gasteiger partial charge is 0.303 e. The van der Waals surface area contributed by atoms with Gasteiger partial charge in [0.05, 0.1) is 5.92 Å². The summed E-state index contributed by atoms with van der Waals surface area (Å²) < 4.78 is 0. The first-order valence-corrected chi connectivity index (χ1v) is 5.93. The maximum absolute atomic E-state index is 11.0. The molecule has 2 atom stereocenters. The van der Waals surface area contributed by atoms with Crippen LogP contribution in [0.4, 0.5) is 0 Å². The molecule has 1 aliphatic heterocycles. The summed E-state index contributed by atoms with van der Waals surface area (Å²) in [6.45, 7) is 2.11. The summed E-state index contributed by atoms with van der Waals surface area (Å²) in [4.78, 5) is 12.2. The number of aldehydes is 1. The van der Waals surface area contributed by atoms with Gasteiger partial charge < -0.3 is 4.79 Å². The van der Waals surface area contributed by atoms with Gasteiger partial charge in [-0.2, -0.15) is 0 Å².